The fourth-order valence-electron chi connectivity index (χ4n) is 5.76. The number of carbonyl (C=O) groups excluding carboxylic acids is 2. The van der Waals surface area contributed by atoms with E-state index in [9.17, 15) is 18.0 Å². The van der Waals surface area contributed by atoms with Crippen LogP contribution in [-0.4, -0.2) is 56.9 Å². The van der Waals surface area contributed by atoms with Crippen LogP contribution in [0.15, 0.2) is 65.6 Å². The van der Waals surface area contributed by atoms with Crippen molar-refractivity contribution >= 4 is 38.3 Å². The van der Waals surface area contributed by atoms with E-state index in [-0.39, 0.29) is 28.8 Å². The van der Waals surface area contributed by atoms with Crippen LogP contribution in [0.1, 0.15) is 49.0 Å². The van der Waals surface area contributed by atoms with E-state index in [1.807, 2.05) is 56.0 Å². The lowest BCUT2D eigenvalue weighted by atomic mass is 9.79. The molecule has 9 heteroatoms. The Hall–Kier alpha value is -3.27. The van der Waals surface area contributed by atoms with Crippen LogP contribution in [0.3, 0.4) is 0 Å². The largest absolute Gasteiger partial charge is 0.341 e. The summed E-state index contributed by atoms with van der Waals surface area (Å²) < 4.78 is 30.4. The molecular weight excluding hydrogens is 512 g/mol. The molecule has 0 aromatic heterocycles. The quantitative estimate of drug-likeness (QED) is 0.431. The number of nitrogens with one attached hydrogen (secondary N) is 3. The summed E-state index contributed by atoms with van der Waals surface area (Å²) in [6, 6.07) is 17.3. The van der Waals surface area contributed by atoms with Crippen LogP contribution in [0.2, 0.25) is 0 Å². The molecule has 1 unspecified atom stereocenters. The Kier molecular flexibility index (Phi) is 7.50. The van der Waals surface area contributed by atoms with E-state index in [0.29, 0.717) is 41.5 Å². The number of sulfonamides is 1. The van der Waals surface area contributed by atoms with Crippen molar-refractivity contribution in [3.05, 3.63) is 71.8 Å². The summed E-state index contributed by atoms with van der Waals surface area (Å²) in [4.78, 5) is 28.0. The van der Waals surface area contributed by atoms with Gasteiger partial charge in [-0.15, -0.1) is 0 Å². The summed E-state index contributed by atoms with van der Waals surface area (Å²) in [7, 11) is -3.89. The molecule has 2 aliphatic rings. The maximum atomic E-state index is 13.7. The Balaban J connectivity index is 1.37. The topological polar surface area (TPSA) is 108 Å². The Morgan fingerprint density at radius 2 is 1.69 bits per heavy atom. The third-order valence-electron chi connectivity index (χ3n) is 8.01. The lowest BCUT2D eigenvalue weighted by Crippen LogP contribution is -2.58. The van der Waals surface area contributed by atoms with Crippen LogP contribution in [0.25, 0.3) is 10.8 Å². The van der Waals surface area contributed by atoms with Gasteiger partial charge in [-0.1, -0.05) is 56.3 Å². The number of carbonyl (C=O) groups is 2. The van der Waals surface area contributed by atoms with E-state index < -0.39 is 15.4 Å². The van der Waals surface area contributed by atoms with Gasteiger partial charge in [0.05, 0.1) is 10.9 Å². The number of aryl methyl sites for hydroxylation is 1. The standard InChI is InChI=1S/C30H36N4O4S/c1-20-9-4-5-10-21(20)28(35)32-24-14-15-26(23-12-7-6-11-22(23)24)39(37,38)33-27-16-18-34(19-30(27,2)3)29(36)25-13-8-17-31-25/h4-7,9-12,14-15,25,27,31,33H,8,13,16-19H2,1-3H3,(H,32,35)/t25-,27?/m0/s1. The predicted octanol–water partition coefficient (Wildman–Crippen LogP) is 4.06. The molecule has 39 heavy (non-hydrogen) atoms. The summed E-state index contributed by atoms with van der Waals surface area (Å²) >= 11 is 0. The van der Waals surface area contributed by atoms with Gasteiger partial charge in [-0.25, -0.2) is 13.1 Å². The van der Waals surface area contributed by atoms with E-state index in [1.54, 1.807) is 30.3 Å². The molecule has 2 amide bonds. The van der Waals surface area contributed by atoms with E-state index in [2.05, 4.69) is 15.4 Å². The van der Waals surface area contributed by atoms with Gasteiger partial charge in [0.15, 0.2) is 0 Å². The molecule has 2 atom stereocenters. The van der Waals surface area contributed by atoms with Crippen molar-refractivity contribution in [3.63, 3.8) is 0 Å². The van der Waals surface area contributed by atoms with Gasteiger partial charge < -0.3 is 15.5 Å². The number of nitrogens with zero attached hydrogens (tertiary/aromatic N) is 1. The Bertz CT molecular complexity index is 1510. The highest BCUT2D eigenvalue weighted by molar-refractivity contribution is 7.89. The van der Waals surface area contributed by atoms with Gasteiger partial charge in [0, 0.05) is 41.2 Å². The lowest BCUT2D eigenvalue weighted by Gasteiger charge is -2.45. The highest BCUT2D eigenvalue weighted by atomic mass is 32.2. The minimum Gasteiger partial charge on any atom is -0.341 e. The number of rotatable bonds is 6. The number of fused-ring (bicyclic) bond motifs is 1. The van der Waals surface area contributed by atoms with Gasteiger partial charge in [-0.2, -0.15) is 0 Å². The van der Waals surface area contributed by atoms with Gasteiger partial charge in [0.2, 0.25) is 15.9 Å². The number of amides is 2. The molecule has 2 aliphatic heterocycles. The highest BCUT2D eigenvalue weighted by Crippen LogP contribution is 2.34. The highest BCUT2D eigenvalue weighted by Gasteiger charge is 2.41. The van der Waals surface area contributed by atoms with Crippen LogP contribution in [0, 0.1) is 12.3 Å². The second kappa shape index (κ2) is 10.7. The fraction of sp³-hybridized carbons (Fsp3) is 0.400. The van der Waals surface area contributed by atoms with Crippen LogP contribution in [0.5, 0.6) is 0 Å². The molecule has 8 nitrogen and oxygen atoms in total. The molecule has 2 heterocycles. The number of likely N-dealkylation sites (tertiary alicyclic amines) is 1. The molecule has 206 valence electrons. The molecule has 3 aromatic rings. The number of benzene rings is 3. The molecule has 2 fully saturated rings. The van der Waals surface area contributed by atoms with Crippen LogP contribution in [0.4, 0.5) is 5.69 Å². The third kappa shape index (κ3) is 5.57. The number of hydrogen-bond donors (Lipinski definition) is 3. The molecule has 2 saturated heterocycles. The third-order valence-corrected chi connectivity index (χ3v) is 9.54. The summed E-state index contributed by atoms with van der Waals surface area (Å²) in [5, 5.41) is 7.40. The second-order valence-electron chi connectivity index (χ2n) is 11.3. The Labute approximate surface area is 230 Å². The summed E-state index contributed by atoms with van der Waals surface area (Å²) in [6.45, 7) is 7.74. The van der Waals surface area contributed by atoms with Crippen molar-refractivity contribution in [2.24, 2.45) is 5.41 Å². The maximum Gasteiger partial charge on any atom is 0.255 e. The molecule has 3 aromatic carbocycles. The van der Waals surface area contributed by atoms with E-state index in [4.69, 9.17) is 0 Å². The first-order chi connectivity index (χ1) is 18.6. The first-order valence-electron chi connectivity index (χ1n) is 13.5. The average molecular weight is 549 g/mol. The number of anilines is 1. The zero-order chi connectivity index (χ0) is 27.8. The average Bonchev–Trinajstić information content (AvgIpc) is 3.44. The van der Waals surface area contributed by atoms with Gasteiger partial charge in [-0.05, 0) is 61.9 Å². The van der Waals surface area contributed by atoms with Crippen molar-refractivity contribution in [2.45, 2.75) is 57.0 Å². The molecule has 0 radical (unpaired) electrons. The van der Waals surface area contributed by atoms with E-state index in [0.717, 1.165) is 24.9 Å². The van der Waals surface area contributed by atoms with Crippen molar-refractivity contribution in [2.75, 3.05) is 25.0 Å². The normalized spacial score (nSPS) is 21.2. The minimum atomic E-state index is -3.89. The Morgan fingerprint density at radius 1 is 0.974 bits per heavy atom. The lowest BCUT2D eigenvalue weighted by molar-refractivity contribution is -0.136. The zero-order valence-corrected chi connectivity index (χ0v) is 23.5. The zero-order valence-electron chi connectivity index (χ0n) is 22.7. The van der Waals surface area contributed by atoms with E-state index in [1.165, 1.54) is 0 Å². The molecule has 0 bridgehead atoms. The predicted molar refractivity (Wildman–Crippen MR) is 153 cm³/mol. The van der Waals surface area contributed by atoms with Gasteiger partial charge in [0.1, 0.15) is 0 Å². The molecular formula is C30H36N4O4S. The second-order valence-corrected chi connectivity index (χ2v) is 13.0. The minimum absolute atomic E-state index is 0.108. The first kappa shape index (κ1) is 27.3. The maximum absolute atomic E-state index is 13.7. The fourth-order valence-corrected chi connectivity index (χ4v) is 7.42. The number of piperidine rings is 1. The van der Waals surface area contributed by atoms with Crippen LogP contribution in [-0.2, 0) is 14.8 Å². The molecule has 0 aliphatic carbocycles. The molecule has 0 spiro atoms. The van der Waals surface area contributed by atoms with Gasteiger partial charge in [-0.3, -0.25) is 9.59 Å². The van der Waals surface area contributed by atoms with Crippen molar-refractivity contribution < 1.29 is 18.0 Å². The Morgan fingerprint density at radius 3 is 2.38 bits per heavy atom. The number of hydrogen-bond acceptors (Lipinski definition) is 5. The molecule has 5 rings (SSSR count). The van der Waals surface area contributed by atoms with Gasteiger partial charge in [0.25, 0.3) is 5.91 Å². The first-order valence-corrected chi connectivity index (χ1v) is 15.0. The monoisotopic (exact) mass is 548 g/mol. The molecule has 0 saturated carbocycles. The molecule has 3 N–H and O–H groups in total. The smallest absolute Gasteiger partial charge is 0.255 e. The van der Waals surface area contributed by atoms with Crippen LogP contribution < -0.4 is 15.4 Å². The van der Waals surface area contributed by atoms with Gasteiger partial charge >= 0.3 is 0 Å². The SMILES string of the molecule is Cc1ccccc1C(=O)Nc1ccc(S(=O)(=O)NC2CCN(C(=O)[C@@H]3CCCN3)CC2(C)C)c2ccccc12. The van der Waals surface area contributed by atoms with E-state index >= 15 is 0 Å². The summed E-state index contributed by atoms with van der Waals surface area (Å²) in [5.74, 6) is -0.140. The van der Waals surface area contributed by atoms with Crippen molar-refractivity contribution in [1.29, 1.82) is 0 Å². The summed E-state index contributed by atoms with van der Waals surface area (Å²) in [6.07, 6.45) is 2.38. The van der Waals surface area contributed by atoms with Crippen molar-refractivity contribution in [1.82, 2.24) is 14.9 Å². The van der Waals surface area contributed by atoms with Crippen molar-refractivity contribution in [3.8, 4) is 0 Å². The van der Waals surface area contributed by atoms with Crippen LogP contribution >= 0.6 is 0 Å². The summed E-state index contributed by atoms with van der Waals surface area (Å²) in [5.41, 5.74) is 1.52.